The van der Waals surface area contributed by atoms with E-state index in [0.717, 1.165) is 23.7 Å². The molecule has 4 rings (SSSR count). The maximum absolute atomic E-state index is 14.1. The number of benzene rings is 2. The number of carbonyl (C=O) groups excluding carboxylic acids is 1. The van der Waals surface area contributed by atoms with Crippen LogP contribution in [0, 0.1) is 12.7 Å². The van der Waals surface area contributed by atoms with E-state index in [4.69, 9.17) is 11.6 Å². The number of pyridine rings is 1. The minimum Gasteiger partial charge on any atom is -0.331 e. The average molecular weight is 369 g/mol. The Morgan fingerprint density at radius 3 is 2.73 bits per heavy atom. The highest BCUT2D eigenvalue weighted by molar-refractivity contribution is 6.31. The highest BCUT2D eigenvalue weighted by Crippen LogP contribution is 2.31. The van der Waals surface area contributed by atoms with Gasteiger partial charge in [-0.25, -0.2) is 4.39 Å². The smallest absolute Gasteiger partial charge is 0.256 e. The second kappa shape index (κ2) is 6.69. The van der Waals surface area contributed by atoms with Crippen LogP contribution in [-0.2, 0) is 6.54 Å². The number of aryl methyl sites for hydroxylation is 1. The zero-order valence-corrected chi connectivity index (χ0v) is 15.1. The van der Waals surface area contributed by atoms with E-state index in [1.54, 1.807) is 35.2 Å². The summed E-state index contributed by atoms with van der Waals surface area (Å²) >= 11 is 6.07. The topological polar surface area (TPSA) is 33.2 Å². The Kier molecular flexibility index (Phi) is 4.37. The molecule has 0 saturated heterocycles. The second-order valence-corrected chi connectivity index (χ2v) is 7.15. The Balaban J connectivity index is 1.71. The van der Waals surface area contributed by atoms with Gasteiger partial charge in [-0.1, -0.05) is 29.8 Å². The number of hydrogen-bond acceptors (Lipinski definition) is 2. The average Bonchev–Trinajstić information content (AvgIpc) is 3.45. The minimum absolute atomic E-state index is 0.109. The third-order valence-corrected chi connectivity index (χ3v) is 4.98. The van der Waals surface area contributed by atoms with E-state index in [0.29, 0.717) is 21.8 Å². The first kappa shape index (κ1) is 17.0. The summed E-state index contributed by atoms with van der Waals surface area (Å²) in [5.41, 5.74) is 2.55. The summed E-state index contributed by atoms with van der Waals surface area (Å²) in [6, 6.07) is 14.0. The van der Waals surface area contributed by atoms with Crippen LogP contribution in [0.4, 0.5) is 4.39 Å². The van der Waals surface area contributed by atoms with Crippen LogP contribution in [0.5, 0.6) is 0 Å². The maximum atomic E-state index is 14.1. The van der Waals surface area contributed by atoms with Gasteiger partial charge in [0, 0.05) is 28.6 Å². The van der Waals surface area contributed by atoms with Gasteiger partial charge in [0.1, 0.15) is 5.82 Å². The molecule has 1 aliphatic carbocycles. The van der Waals surface area contributed by atoms with Crippen LogP contribution in [0.15, 0.2) is 48.5 Å². The molecule has 2 aromatic carbocycles. The summed E-state index contributed by atoms with van der Waals surface area (Å²) in [6.07, 6.45) is 1.90. The largest absolute Gasteiger partial charge is 0.331 e. The van der Waals surface area contributed by atoms with Gasteiger partial charge >= 0.3 is 0 Å². The van der Waals surface area contributed by atoms with E-state index in [1.165, 1.54) is 6.07 Å². The molecular weight excluding hydrogens is 351 g/mol. The van der Waals surface area contributed by atoms with E-state index >= 15 is 0 Å². The first-order valence-electron chi connectivity index (χ1n) is 8.64. The molecular formula is C21H18ClFN2O. The molecule has 132 valence electrons. The van der Waals surface area contributed by atoms with Crippen molar-refractivity contribution in [2.75, 3.05) is 0 Å². The highest BCUT2D eigenvalue weighted by atomic mass is 35.5. The predicted octanol–water partition coefficient (Wildman–Crippen LogP) is 5.14. The Hall–Kier alpha value is -2.46. The third kappa shape index (κ3) is 3.29. The lowest BCUT2D eigenvalue weighted by Crippen LogP contribution is -2.33. The van der Waals surface area contributed by atoms with Crippen molar-refractivity contribution in [3.05, 3.63) is 76.2 Å². The molecule has 3 aromatic rings. The number of fused-ring (bicyclic) bond motifs is 1. The van der Waals surface area contributed by atoms with Gasteiger partial charge in [-0.05, 0) is 50.1 Å². The normalized spacial score (nSPS) is 13.8. The summed E-state index contributed by atoms with van der Waals surface area (Å²) in [5, 5.41) is 1.43. The zero-order valence-electron chi connectivity index (χ0n) is 14.4. The third-order valence-electron chi connectivity index (χ3n) is 4.74. The van der Waals surface area contributed by atoms with Gasteiger partial charge in [0.05, 0.1) is 16.8 Å². The fourth-order valence-corrected chi connectivity index (χ4v) is 3.36. The van der Waals surface area contributed by atoms with E-state index in [1.807, 2.05) is 19.1 Å². The van der Waals surface area contributed by atoms with Crippen LogP contribution >= 0.6 is 11.6 Å². The molecule has 0 bridgehead atoms. The van der Waals surface area contributed by atoms with Gasteiger partial charge in [-0.15, -0.1) is 0 Å². The Labute approximate surface area is 156 Å². The van der Waals surface area contributed by atoms with Gasteiger partial charge < -0.3 is 4.90 Å². The van der Waals surface area contributed by atoms with Crippen LogP contribution in [0.3, 0.4) is 0 Å². The number of amides is 1. The van der Waals surface area contributed by atoms with E-state index < -0.39 is 0 Å². The molecule has 0 aliphatic heterocycles. The molecule has 0 radical (unpaired) electrons. The summed E-state index contributed by atoms with van der Waals surface area (Å²) in [7, 11) is 0. The van der Waals surface area contributed by atoms with Crippen molar-refractivity contribution < 1.29 is 9.18 Å². The predicted molar refractivity (Wildman–Crippen MR) is 101 cm³/mol. The number of hydrogen-bond donors (Lipinski definition) is 0. The Morgan fingerprint density at radius 2 is 2.00 bits per heavy atom. The molecule has 26 heavy (non-hydrogen) atoms. The van der Waals surface area contributed by atoms with Crippen LogP contribution in [0.1, 0.15) is 34.5 Å². The molecule has 0 N–H and O–H groups in total. The molecule has 3 nitrogen and oxygen atoms in total. The number of aromatic nitrogens is 1. The zero-order chi connectivity index (χ0) is 18.3. The molecule has 1 fully saturated rings. The standard InChI is InChI=1S/C21H18ClFN2O/c1-13-18(11-15-10-16(22)6-9-20(15)24-13)21(26)25(17-7-8-17)12-14-4-2-3-5-19(14)23/h2-6,9-11,17H,7-8,12H2,1H3. The molecule has 0 unspecified atom stereocenters. The molecule has 1 heterocycles. The lowest BCUT2D eigenvalue weighted by Gasteiger charge is -2.23. The minimum atomic E-state index is -0.286. The fraction of sp³-hybridized carbons (Fsp3) is 0.238. The maximum Gasteiger partial charge on any atom is 0.256 e. The fourth-order valence-electron chi connectivity index (χ4n) is 3.18. The van der Waals surface area contributed by atoms with Crippen LogP contribution in [0.2, 0.25) is 5.02 Å². The monoisotopic (exact) mass is 368 g/mol. The lowest BCUT2D eigenvalue weighted by molar-refractivity contribution is 0.0727. The first-order valence-corrected chi connectivity index (χ1v) is 9.02. The molecule has 1 aromatic heterocycles. The second-order valence-electron chi connectivity index (χ2n) is 6.71. The molecule has 1 aliphatic rings. The van der Waals surface area contributed by atoms with Crippen LogP contribution < -0.4 is 0 Å². The molecule has 0 atom stereocenters. The van der Waals surface area contributed by atoms with Gasteiger partial charge in [-0.2, -0.15) is 0 Å². The molecule has 0 spiro atoms. The number of carbonyl (C=O) groups is 1. The van der Waals surface area contributed by atoms with Crippen molar-refractivity contribution in [3.63, 3.8) is 0 Å². The number of halogens is 2. The van der Waals surface area contributed by atoms with Crippen molar-refractivity contribution in [2.45, 2.75) is 32.4 Å². The number of nitrogens with zero attached hydrogens (tertiary/aromatic N) is 2. The van der Waals surface area contributed by atoms with Crippen LogP contribution in [-0.4, -0.2) is 21.8 Å². The summed E-state index contributed by atoms with van der Waals surface area (Å²) in [4.78, 5) is 19.5. The Bertz CT molecular complexity index is 1000. The number of rotatable bonds is 4. The first-order chi connectivity index (χ1) is 12.5. The van der Waals surface area contributed by atoms with Crippen molar-refractivity contribution in [1.29, 1.82) is 0 Å². The van der Waals surface area contributed by atoms with Gasteiger partial charge in [0.2, 0.25) is 0 Å². The SMILES string of the molecule is Cc1nc2ccc(Cl)cc2cc1C(=O)N(Cc1ccccc1F)C1CC1. The van der Waals surface area contributed by atoms with Crippen molar-refractivity contribution in [1.82, 2.24) is 9.88 Å². The Morgan fingerprint density at radius 1 is 1.23 bits per heavy atom. The van der Waals surface area contributed by atoms with Gasteiger partial charge in [0.25, 0.3) is 5.91 Å². The van der Waals surface area contributed by atoms with Crippen LogP contribution in [0.25, 0.3) is 10.9 Å². The molecule has 1 amide bonds. The van der Waals surface area contributed by atoms with Gasteiger partial charge in [0.15, 0.2) is 0 Å². The summed E-state index contributed by atoms with van der Waals surface area (Å²) in [5.74, 6) is -0.395. The quantitative estimate of drug-likeness (QED) is 0.638. The van der Waals surface area contributed by atoms with E-state index in [2.05, 4.69) is 4.98 Å². The van der Waals surface area contributed by atoms with Crippen molar-refractivity contribution in [2.24, 2.45) is 0 Å². The summed E-state index contributed by atoms with van der Waals surface area (Å²) in [6.45, 7) is 2.10. The molecule has 1 saturated carbocycles. The van der Waals surface area contributed by atoms with Crippen molar-refractivity contribution in [3.8, 4) is 0 Å². The molecule has 5 heteroatoms. The van der Waals surface area contributed by atoms with E-state index in [9.17, 15) is 9.18 Å². The van der Waals surface area contributed by atoms with Crippen molar-refractivity contribution >= 4 is 28.4 Å². The lowest BCUT2D eigenvalue weighted by atomic mass is 10.1. The van der Waals surface area contributed by atoms with E-state index in [-0.39, 0.29) is 24.3 Å². The highest BCUT2D eigenvalue weighted by Gasteiger charge is 2.34. The van der Waals surface area contributed by atoms with Gasteiger partial charge in [-0.3, -0.25) is 9.78 Å². The summed E-state index contributed by atoms with van der Waals surface area (Å²) < 4.78 is 14.1.